The number of ketones is 2. The topological polar surface area (TPSA) is 411 Å². The van der Waals surface area contributed by atoms with Crippen molar-refractivity contribution in [2.75, 3.05) is 27.3 Å². The molecule has 30 heteroatoms. The zero-order chi connectivity index (χ0) is 97.3. The van der Waals surface area contributed by atoms with E-state index in [0.29, 0.717) is 6.42 Å². The van der Waals surface area contributed by atoms with Crippen molar-refractivity contribution in [2.45, 2.75) is 265 Å². The molecular weight excluding hydrogens is 1650 g/mol. The van der Waals surface area contributed by atoms with Crippen molar-refractivity contribution in [1.82, 2.24) is 62.7 Å². The van der Waals surface area contributed by atoms with Crippen LogP contribution in [0.25, 0.3) is 22.5 Å². The molecule has 0 aliphatic carbocycles. The van der Waals surface area contributed by atoms with Crippen LogP contribution in [0.3, 0.4) is 0 Å². The molecule has 6 rings (SSSR count). The molecule has 0 radical (unpaired) electrons. The summed E-state index contributed by atoms with van der Waals surface area (Å²) in [6.45, 7) is 43.2. The Kier molecular flexibility index (Phi) is 43.0. The number of hydrogen-bond donors (Lipinski definition) is 10. The summed E-state index contributed by atoms with van der Waals surface area (Å²) >= 11 is 0. The van der Waals surface area contributed by atoms with Crippen molar-refractivity contribution in [1.29, 1.82) is 0 Å². The number of Topliss-reactive ketones (excluding diaryl/α,β-unsaturated/α-hetero) is 2. The number of ether oxygens (including phenoxy) is 4. The van der Waals surface area contributed by atoms with Crippen molar-refractivity contribution in [2.24, 2.45) is 50.7 Å². The SMILES string of the molecule is CC(C)C(NC(=O)OC(C)(C)C)C(=O)O.COC(=O)N[C@@H](C(=O)NN(Cc1ccc(-c2ccccn2)cc1)C[C@H](O)C(Cc1ccccc1)NC(=O)[C@H](CC(C)=O)C(C)(C)C)C(C)(C)C.COC(=O)N[C@@H](C(=O)NN(Cc1ccc(-c2ccccn2)cc1)C[C@H](OC(=O)C(NC(=O)CC(C)(C)C)C(C)C)C(Cc1ccccc1)NC(=O)[C@H](CC(C)=O)C(C)(C)C)C(C)(C)C. The Morgan fingerprint density at radius 1 is 0.419 bits per heavy atom. The molecule has 8 amide bonds. The summed E-state index contributed by atoms with van der Waals surface area (Å²) in [6.07, 6.45) is -0.407. The number of nitrogens with zero attached hydrogens (tertiary/aromatic N) is 4. The molecule has 0 fully saturated rings. The van der Waals surface area contributed by atoms with E-state index in [1.807, 2.05) is 229 Å². The number of alkyl carbamates (subject to hydrolysis) is 3. The number of esters is 1. The van der Waals surface area contributed by atoms with Crippen LogP contribution in [0.1, 0.15) is 208 Å². The Balaban J connectivity index is 0.000000474. The standard InChI is InChI=1S/C50H72N6O8.C39H53N5O6.C10H19NO4/c1-32(2)42(53-41(58)29-48(4,5)6)46(61)64-40(39(28-34-19-15-14-16-20-34)52-44(59)37(27-33(3)57)49(7,8)9)31-56(55-45(60)43(50(10,11)12)54-47(62)63-13)30-35-22-24-36(25-23-35)38-21-17-18-26-51-38;1-26(45)22-30(38(2,3)4)35(47)41-32(23-27-14-10-9-11-15-27)33(46)25-44(43-36(48)34(39(5,6)7)42-37(49)50-8)24-28-17-19-29(20-18-28)31-16-12-13-21-40-31;1-6(2)7(8(12)13)11-9(14)15-10(3,4)5/h14-26,32,37,39-40,42-43H,27-31H2,1-13H3,(H,52,59)(H,53,58)(H,54,62)(H,55,60);9-21,30,32-34,46H,22-25H2,1-8H3,(H,41,47)(H,42,49)(H,43,48);6-7H,1-5H3,(H,11,14)(H,12,13)/t37-,39?,40-,42?,43-;30-,32?,33-,34-;/m00./s1. The second-order valence-corrected chi connectivity index (χ2v) is 39.9. The number of nitrogens with one attached hydrogen (secondary N) is 8. The molecule has 2 aromatic heterocycles. The molecule has 10 N–H and O–H groups in total. The van der Waals surface area contributed by atoms with E-state index in [9.17, 15) is 62.6 Å². The number of carbonyl (C=O) groups excluding carboxylic acids is 11. The lowest BCUT2D eigenvalue weighted by Crippen LogP contribution is -2.60. The van der Waals surface area contributed by atoms with Gasteiger partial charge in [0.2, 0.25) is 17.7 Å². The maximum atomic E-state index is 14.5. The minimum absolute atomic E-state index is 0.00879. The van der Waals surface area contributed by atoms with Gasteiger partial charge in [0.05, 0.1) is 50.3 Å². The number of aliphatic hydroxyl groups excluding tert-OH is 1. The predicted molar refractivity (Wildman–Crippen MR) is 497 cm³/mol. The van der Waals surface area contributed by atoms with Crippen molar-refractivity contribution in [3.63, 3.8) is 0 Å². The average Bonchev–Trinajstić information content (AvgIpc) is 0.834. The van der Waals surface area contributed by atoms with Gasteiger partial charge < -0.3 is 70.7 Å². The summed E-state index contributed by atoms with van der Waals surface area (Å²) in [5.74, 6) is -6.08. The van der Waals surface area contributed by atoms with E-state index in [1.165, 1.54) is 28.1 Å². The number of aliphatic carboxylic acids is 1. The van der Waals surface area contributed by atoms with Gasteiger partial charge in [-0.05, 0) is 133 Å². The molecular formula is C99H144N12O18. The number of hydrogen-bond acceptors (Lipinski definition) is 21. The fraction of sp³-hybridized carbons (Fsp3) is 0.535. The zero-order valence-corrected chi connectivity index (χ0v) is 80.5. The zero-order valence-electron chi connectivity index (χ0n) is 80.5. The Morgan fingerprint density at radius 2 is 0.798 bits per heavy atom. The maximum absolute atomic E-state index is 14.5. The molecule has 0 saturated heterocycles. The highest BCUT2D eigenvalue weighted by Gasteiger charge is 2.42. The van der Waals surface area contributed by atoms with Crippen LogP contribution in [0.2, 0.25) is 0 Å². The molecule has 0 aliphatic rings. The third-order valence-electron chi connectivity index (χ3n) is 20.7. The molecule has 708 valence electrons. The van der Waals surface area contributed by atoms with Gasteiger partial charge in [-0.15, -0.1) is 0 Å². The van der Waals surface area contributed by atoms with E-state index in [2.05, 4.69) is 52.7 Å². The van der Waals surface area contributed by atoms with Crippen LogP contribution in [0.15, 0.2) is 158 Å². The largest absolute Gasteiger partial charge is 0.480 e. The molecule has 0 aliphatic heterocycles. The highest BCUT2D eigenvalue weighted by atomic mass is 16.6. The molecule has 10 atom stereocenters. The first-order valence-corrected chi connectivity index (χ1v) is 43.8. The van der Waals surface area contributed by atoms with Gasteiger partial charge in [0.15, 0.2) is 0 Å². The van der Waals surface area contributed by atoms with E-state index in [1.54, 1.807) is 91.6 Å². The number of carbonyl (C=O) groups is 12. The van der Waals surface area contributed by atoms with Crippen molar-refractivity contribution >= 4 is 71.3 Å². The van der Waals surface area contributed by atoms with Crippen molar-refractivity contribution in [3.05, 3.63) is 180 Å². The van der Waals surface area contributed by atoms with Crippen LogP contribution >= 0.6 is 0 Å². The van der Waals surface area contributed by atoms with Gasteiger partial charge in [0.25, 0.3) is 11.8 Å². The smallest absolute Gasteiger partial charge is 0.408 e. The number of carboxylic acids is 1. The van der Waals surface area contributed by atoms with E-state index in [4.69, 9.17) is 24.1 Å². The van der Waals surface area contributed by atoms with Crippen LogP contribution in [-0.2, 0) is 88.0 Å². The Morgan fingerprint density at radius 3 is 1.13 bits per heavy atom. The van der Waals surface area contributed by atoms with Crippen LogP contribution < -0.4 is 42.8 Å². The van der Waals surface area contributed by atoms with Gasteiger partial charge in [0.1, 0.15) is 47.4 Å². The van der Waals surface area contributed by atoms with Crippen LogP contribution in [0.5, 0.6) is 0 Å². The van der Waals surface area contributed by atoms with E-state index in [0.717, 1.165) is 44.8 Å². The molecule has 129 heavy (non-hydrogen) atoms. The summed E-state index contributed by atoms with van der Waals surface area (Å²) in [5, 5.41) is 40.5. The third kappa shape index (κ3) is 40.4. The van der Waals surface area contributed by atoms with Gasteiger partial charge in [0, 0.05) is 74.3 Å². The lowest BCUT2D eigenvalue weighted by molar-refractivity contribution is -0.159. The molecule has 4 aromatic carbocycles. The van der Waals surface area contributed by atoms with Gasteiger partial charge in [-0.25, -0.2) is 34.0 Å². The fourth-order valence-corrected chi connectivity index (χ4v) is 13.7. The number of methoxy groups -OCH3 is 2. The van der Waals surface area contributed by atoms with Gasteiger partial charge in [-0.1, -0.05) is 253 Å². The van der Waals surface area contributed by atoms with Gasteiger partial charge in [-0.2, -0.15) is 0 Å². The minimum Gasteiger partial charge on any atom is -0.480 e. The maximum Gasteiger partial charge on any atom is 0.408 e. The van der Waals surface area contributed by atoms with Crippen LogP contribution in [0, 0.1) is 50.7 Å². The summed E-state index contributed by atoms with van der Waals surface area (Å²) in [4.78, 5) is 165. The minimum atomic E-state index is -1.16. The van der Waals surface area contributed by atoms with Crippen LogP contribution in [-0.4, -0.2) is 183 Å². The summed E-state index contributed by atoms with van der Waals surface area (Å²) < 4.78 is 21.1. The second-order valence-electron chi connectivity index (χ2n) is 39.9. The second kappa shape index (κ2) is 50.5. The average molecular weight is 1790 g/mol. The fourth-order valence-electron chi connectivity index (χ4n) is 13.7. The van der Waals surface area contributed by atoms with E-state index < -0.39 is 135 Å². The van der Waals surface area contributed by atoms with Crippen molar-refractivity contribution in [3.8, 4) is 22.5 Å². The number of rotatable bonds is 38. The summed E-state index contributed by atoms with van der Waals surface area (Å²) in [6, 6.07) is 39.9. The highest BCUT2D eigenvalue weighted by molar-refractivity contribution is 5.89. The normalized spacial score (nSPS) is 14.2. The number of pyridine rings is 2. The number of amides is 8. The lowest BCUT2D eigenvalue weighted by Gasteiger charge is -2.37. The Hall–Kier alpha value is -11.5. The molecule has 4 unspecified atom stereocenters. The first-order chi connectivity index (χ1) is 59.9. The number of benzene rings is 4. The number of carboxylic acid groups (broad SMARTS) is 1. The van der Waals surface area contributed by atoms with Gasteiger partial charge in [-0.3, -0.25) is 44.8 Å². The molecule has 0 spiro atoms. The number of aromatic nitrogens is 2. The van der Waals surface area contributed by atoms with E-state index in [-0.39, 0.29) is 92.5 Å². The first kappa shape index (κ1) is 110. The Bertz CT molecular complexity index is 4570. The Labute approximate surface area is 763 Å². The third-order valence-corrected chi connectivity index (χ3v) is 20.7. The molecule has 30 nitrogen and oxygen atoms in total. The predicted octanol–water partition coefficient (Wildman–Crippen LogP) is 13.9. The summed E-state index contributed by atoms with van der Waals surface area (Å²) in [5.41, 5.74) is 9.07. The van der Waals surface area contributed by atoms with E-state index >= 15 is 0 Å². The molecule has 0 bridgehead atoms. The van der Waals surface area contributed by atoms with Crippen LogP contribution in [0.4, 0.5) is 14.4 Å². The quantitative estimate of drug-likeness (QED) is 0.00977. The lowest BCUT2D eigenvalue weighted by atomic mass is 9.77. The summed E-state index contributed by atoms with van der Waals surface area (Å²) in [7, 11) is 2.44. The number of aliphatic hydroxyl groups is 1. The van der Waals surface area contributed by atoms with Crippen molar-refractivity contribution < 1.29 is 86.7 Å². The first-order valence-electron chi connectivity index (χ1n) is 43.8. The molecule has 2 heterocycles. The molecule has 0 saturated carbocycles. The monoisotopic (exact) mass is 1790 g/mol. The molecule has 6 aromatic rings. The van der Waals surface area contributed by atoms with Gasteiger partial charge >= 0.3 is 30.2 Å². The number of hydrazine groups is 2. The highest BCUT2D eigenvalue weighted by Crippen LogP contribution is 2.33.